The first-order chi connectivity index (χ1) is 9.47. The third-order valence-corrected chi connectivity index (χ3v) is 4.44. The minimum Gasteiger partial charge on any atom is -0.484 e. The quantitative estimate of drug-likeness (QED) is 0.807. The van der Waals surface area contributed by atoms with E-state index in [2.05, 4.69) is 5.32 Å². The van der Waals surface area contributed by atoms with Crippen LogP contribution in [0.1, 0.15) is 18.1 Å². The Hall–Kier alpha value is -1.20. The molecule has 1 rings (SSSR count). The van der Waals surface area contributed by atoms with E-state index < -0.39 is 0 Å². The van der Waals surface area contributed by atoms with E-state index in [0.717, 1.165) is 5.56 Å². The smallest absolute Gasteiger partial charge is 0.258 e. The summed E-state index contributed by atoms with van der Waals surface area (Å²) in [4.78, 5) is 11.8. The van der Waals surface area contributed by atoms with Crippen LogP contribution in [-0.2, 0) is 4.79 Å². The van der Waals surface area contributed by atoms with Crippen molar-refractivity contribution in [2.45, 2.75) is 32.1 Å². The molecular weight excluding hydrogens is 274 g/mol. The van der Waals surface area contributed by atoms with Crippen LogP contribution in [0.15, 0.2) is 18.2 Å². The van der Waals surface area contributed by atoms with E-state index in [1.165, 1.54) is 17.3 Å². The minimum absolute atomic E-state index is 0.000527. The summed E-state index contributed by atoms with van der Waals surface area (Å²) < 4.78 is 5.47. The van der Waals surface area contributed by atoms with Gasteiger partial charge in [0.25, 0.3) is 5.91 Å². The molecular formula is C15H23NO3S. The zero-order chi connectivity index (χ0) is 15.1. The van der Waals surface area contributed by atoms with Crippen molar-refractivity contribution in [3.63, 3.8) is 0 Å². The number of ether oxygens (including phenoxy) is 1. The number of benzene rings is 1. The maximum atomic E-state index is 11.8. The third-order valence-electron chi connectivity index (χ3n) is 3.28. The van der Waals surface area contributed by atoms with E-state index in [-0.39, 0.29) is 30.4 Å². The molecule has 4 nitrogen and oxygen atoms in total. The van der Waals surface area contributed by atoms with Gasteiger partial charge in [0.15, 0.2) is 6.61 Å². The molecule has 0 radical (unpaired) electrons. The molecule has 112 valence electrons. The summed E-state index contributed by atoms with van der Waals surface area (Å²) in [5, 5.41) is 12.0. The molecule has 20 heavy (non-hydrogen) atoms. The van der Waals surface area contributed by atoms with Crippen molar-refractivity contribution >= 4 is 17.7 Å². The van der Waals surface area contributed by atoms with Crippen molar-refractivity contribution in [2.75, 3.05) is 19.5 Å². The van der Waals surface area contributed by atoms with Gasteiger partial charge >= 0.3 is 0 Å². The second kappa shape index (κ2) is 8.17. The molecule has 0 aliphatic heterocycles. The summed E-state index contributed by atoms with van der Waals surface area (Å²) in [5.41, 5.74) is 2.33. The number of amides is 1. The number of carbonyl (C=O) groups is 1. The normalized spacial score (nSPS) is 13.7. The predicted molar refractivity (Wildman–Crippen MR) is 83.4 cm³/mol. The van der Waals surface area contributed by atoms with Gasteiger partial charge in [-0.3, -0.25) is 4.79 Å². The molecule has 1 aromatic carbocycles. The Labute approximate surface area is 124 Å². The summed E-state index contributed by atoms with van der Waals surface area (Å²) >= 11 is 1.53. The highest BCUT2D eigenvalue weighted by Crippen LogP contribution is 2.16. The van der Waals surface area contributed by atoms with Gasteiger partial charge in [-0.15, -0.1) is 0 Å². The number of hydrogen-bond donors (Lipinski definition) is 2. The molecule has 2 atom stereocenters. The van der Waals surface area contributed by atoms with Crippen LogP contribution in [0.5, 0.6) is 5.75 Å². The standard InChI is InChI=1S/C15H23NO3S/c1-10-5-6-13(7-11(10)2)19-9-15(18)16-12(3)14(8-17)20-4/h5-7,12,14,17H,8-9H2,1-4H3,(H,16,18). The van der Waals surface area contributed by atoms with Crippen LogP contribution < -0.4 is 10.1 Å². The van der Waals surface area contributed by atoms with E-state index in [9.17, 15) is 9.90 Å². The first kappa shape index (κ1) is 16.9. The number of carbonyl (C=O) groups excluding carboxylic acids is 1. The summed E-state index contributed by atoms with van der Waals surface area (Å²) in [7, 11) is 0. The second-order valence-corrected chi connectivity index (χ2v) is 5.92. The van der Waals surface area contributed by atoms with Crippen molar-refractivity contribution in [3.8, 4) is 5.75 Å². The summed E-state index contributed by atoms with van der Waals surface area (Å²) in [6, 6.07) is 5.66. The Bertz CT molecular complexity index is 447. The van der Waals surface area contributed by atoms with Crippen LogP contribution in [0.4, 0.5) is 0 Å². The molecule has 1 amide bonds. The molecule has 0 heterocycles. The van der Waals surface area contributed by atoms with Crippen molar-refractivity contribution in [3.05, 3.63) is 29.3 Å². The number of aryl methyl sites for hydroxylation is 2. The van der Waals surface area contributed by atoms with Crippen LogP contribution in [0.25, 0.3) is 0 Å². The number of rotatable bonds is 7. The van der Waals surface area contributed by atoms with Crippen molar-refractivity contribution < 1.29 is 14.6 Å². The Morgan fingerprint density at radius 3 is 2.65 bits per heavy atom. The SMILES string of the molecule is CSC(CO)C(C)NC(=O)COc1ccc(C)c(C)c1. The van der Waals surface area contributed by atoms with Gasteiger partial charge in [-0.2, -0.15) is 11.8 Å². The number of aliphatic hydroxyl groups is 1. The molecule has 0 aliphatic carbocycles. The van der Waals surface area contributed by atoms with Gasteiger partial charge in [-0.05, 0) is 50.3 Å². The van der Waals surface area contributed by atoms with Gasteiger partial charge in [-0.25, -0.2) is 0 Å². The molecule has 5 heteroatoms. The predicted octanol–water partition coefficient (Wildman–Crippen LogP) is 1.91. The largest absolute Gasteiger partial charge is 0.484 e. The fraction of sp³-hybridized carbons (Fsp3) is 0.533. The molecule has 0 aliphatic rings. The fourth-order valence-corrected chi connectivity index (χ4v) is 2.40. The third kappa shape index (κ3) is 5.06. The Kier molecular flexibility index (Phi) is 6.88. The lowest BCUT2D eigenvalue weighted by molar-refractivity contribution is -0.123. The fourth-order valence-electron chi connectivity index (χ4n) is 1.78. The Balaban J connectivity index is 2.45. The minimum atomic E-state index is -0.178. The number of hydrogen-bond acceptors (Lipinski definition) is 4. The molecule has 0 saturated carbocycles. The van der Waals surface area contributed by atoms with Crippen molar-refractivity contribution in [1.82, 2.24) is 5.32 Å². The van der Waals surface area contributed by atoms with Crippen LogP contribution in [0.3, 0.4) is 0 Å². The van der Waals surface area contributed by atoms with E-state index in [1.807, 2.05) is 45.2 Å². The van der Waals surface area contributed by atoms with Gasteiger partial charge in [0.2, 0.25) is 0 Å². The lowest BCUT2D eigenvalue weighted by atomic mass is 10.1. The molecule has 2 N–H and O–H groups in total. The van der Waals surface area contributed by atoms with Gasteiger partial charge in [0.05, 0.1) is 6.61 Å². The van der Waals surface area contributed by atoms with Crippen LogP contribution in [0, 0.1) is 13.8 Å². The van der Waals surface area contributed by atoms with Gasteiger partial charge in [0.1, 0.15) is 5.75 Å². The lowest BCUT2D eigenvalue weighted by Gasteiger charge is -2.21. The molecule has 0 bridgehead atoms. The molecule has 0 spiro atoms. The van der Waals surface area contributed by atoms with Crippen LogP contribution in [0.2, 0.25) is 0 Å². The monoisotopic (exact) mass is 297 g/mol. The van der Waals surface area contributed by atoms with E-state index in [4.69, 9.17) is 4.74 Å². The molecule has 1 aromatic rings. The van der Waals surface area contributed by atoms with Gasteiger partial charge < -0.3 is 15.2 Å². The highest BCUT2D eigenvalue weighted by molar-refractivity contribution is 7.99. The number of aliphatic hydroxyl groups excluding tert-OH is 1. The zero-order valence-corrected chi connectivity index (χ0v) is 13.3. The Morgan fingerprint density at radius 1 is 1.40 bits per heavy atom. The molecule has 0 fully saturated rings. The Morgan fingerprint density at radius 2 is 2.10 bits per heavy atom. The number of nitrogens with one attached hydrogen (secondary N) is 1. The maximum Gasteiger partial charge on any atom is 0.258 e. The van der Waals surface area contributed by atoms with Crippen LogP contribution >= 0.6 is 11.8 Å². The highest BCUT2D eigenvalue weighted by Gasteiger charge is 2.17. The van der Waals surface area contributed by atoms with Crippen molar-refractivity contribution in [1.29, 1.82) is 0 Å². The van der Waals surface area contributed by atoms with Crippen molar-refractivity contribution in [2.24, 2.45) is 0 Å². The second-order valence-electron chi connectivity index (χ2n) is 4.85. The van der Waals surface area contributed by atoms with E-state index in [0.29, 0.717) is 5.75 Å². The lowest BCUT2D eigenvalue weighted by Crippen LogP contribution is -2.43. The summed E-state index contributed by atoms with van der Waals surface area (Å²) in [5.74, 6) is 0.516. The summed E-state index contributed by atoms with van der Waals surface area (Å²) in [6.07, 6.45) is 1.91. The summed E-state index contributed by atoms with van der Waals surface area (Å²) in [6.45, 7) is 5.95. The topological polar surface area (TPSA) is 58.6 Å². The molecule has 2 unspecified atom stereocenters. The van der Waals surface area contributed by atoms with E-state index >= 15 is 0 Å². The highest BCUT2D eigenvalue weighted by atomic mass is 32.2. The average Bonchev–Trinajstić information content (AvgIpc) is 2.41. The molecule has 0 aromatic heterocycles. The zero-order valence-electron chi connectivity index (χ0n) is 12.5. The molecule has 0 saturated heterocycles. The van der Waals surface area contributed by atoms with Crippen LogP contribution in [-0.4, -0.2) is 41.8 Å². The number of thioether (sulfide) groups is 1. The maximum absolute atomic E-state index is 11.8. The van der Waals surface area contributed by atoms with Gasteiger partial charge in [-0.1, -0.05) is 6.07 Å². The average molecular weight is 297 g/mol. The van der Waals surface area contributed by atoms with Gasteiger partial charge in [0, 0.05) is 11.3 Å². The first-order valence-electron chi connectivity index (χ1n) is 6.61. The first-order valence-corrected chi connectivity index (χ1v) is 7.89. The van der Waals surface area contributed by atoms with E-state index in [1.54, 1.807) is 0 Å².